The lowest BCUT2D eigenvalue weighted by atomic mass is 10.0. The highest BCUT2D eigenvalue weighted by atomic mass is 15.0. The molecule has 0 saturated carbocycles. The van der Waals surface area contributed by atoms with Crippen LogP contribution in [-0.2, 0) is 0 Å². The summed E-state index contributed by atoms with van der Waals surface area (Å²) in [6.07, 6.45) is 0. The summed E-state index contributed by atoms with van der Waals surface area (Å²) in [6.45, 7) is 0. The molecule has 3 heterocycles. The van der Waals surface area contributed by atoms with E-state index in [1.165, 1.54) is 54.5 Å². The first kappa shape index (κ1) is 34.0. The van der Waals surface area contributed by atoms with Gasteiger partial charge in [0.15, 0.2) is 5.82 Å². The van der Waals surface area contributed by atoms with E-state index in [-0.39, 0.29) is 0 Å². The first-order chi connectivity index (χ1) is 29.7. The van der Waals surface area contributed by atoms with Crippen LogP contribution in [0.2, 0.25) is 0 Å². The Balaban J connectivity index is 1.01. The lowest BCUT2D eigenvalue weighted by molar-refractivity contribution is 1.16. The molecule has 4 heteroatoms. The summed E-state index contributed by atoms with van der Waals surface area (Å²) in [5, 5.41) is 7.31. The summed E-state index contributed by atoms with van der Waals surface area (Å²) in [5.41, 5.74) is 14.1. The number of fused-ring (bicyclic) bond motifs is 7. The highest BCUT2D eigenvalue weighted by Crippen LogP contribution is 2.39. The molecule has 0 aliphatic heterocycles. The number of benzene rings is 9. The molecule has 12 rings (SSSR count). The predicted octanol–water partition coefficient (Wildman–Crippen LogP) is 14.5. The highest BCUT2D eigenvalue weighted by Gasteiger charge is 2.18. The molecule has 60 heavy (non-hydrogen) atoms. The number of nitrogens with zero attached hydrogens (tertiary/aromatic N) is 4. The van der Waals surface area contributed by atoms with Crippen molar-refractivity contribution in [3.63, 3.8) is 0 Å². The van der Waals surface area contributed by atoms with Crippen LogP contribution in [0.25, 0.3) is 111 Å². The Morgan fingerprint density at radius 1 is 0.267 bits per heavy atom. The fraction of sp³-hybridized carbons (Fsp3) is 0. The van der Waals surface area contributed by atoms with E-state index in [4.69, 9.17) is 9.97 Å². The summed E-state index contributed by atoms with van der Waals surface area (Å²) in [6, 6.07) is 78.1. The quantitative estimate of drug-likeness (QED) is 0.169. The van der Waals surface area contributed by atoms with Crippen molar-refractivity contribution in [2.75, 3.05) is 0 Å². The van der Waals surface area contributed by atoms with Crippen LogP contribution in [0.1, 0.15) is 0 Å². The molecule has 4 nitrogen and oxygen atoms in total. The van der Waals surface area contributed by atoms with Crippen molar-refractivity contribution in [3.8, 4) is 56.4 Å². The summed E-state index contributed by atoms with van der Waals surface area (Å²) < 4.78 is 4.77. The molecular formula is C56H36N4. The van der Waals surface area contributed by atoms with Crippen molar-refractivity contribution < 1.29 is 0 Å². The molecular weight excluding hydrogens is 729 g/mol. The van der Waals surface area contributed by atoms with Gasteiger partial charge in [0.25, 0.3) is 0 Å². The Kier molecular flexibility index (Phi) is 7.82. The maximum Gasteiger partial charge on any atom is 0.160 e. The number of aromatic nitrogens is 4. The van der Waals surface area contributed by atoms with Gasteiger partial charge in [0.1, 0.15) is 0 Å². The van der Waals surface area contributed by atoms with Gasteiger partial charge in [-0.1, -0.05) is 152 Å². The largest absolute Gasteiger partial charge is 0.309 e. The van der Waals surface area contributed by atoms with Crippen LogP contribution in [0.15, 0.2) is 218 Å². The fourth-order valence-electron chi connectivity index (χ4n) is 9.05. The van der Waals surface area contributed by atoms with Gasteiger partial charge in [-0.25, -0.2) is 9.97 Å². The third-order valence-electron chi connectivity index (χ3n) is 11.9. The van der Waals surface area contributed by atoms with Gasteiger partial charge in [-0.2, -0.15) is 0 Å². The summed E-state index contributed by atoms with van der Waals surface area (Å²) in [4.78, 5) is 10.3. The summed E-state index contributed by atoms with van der Waals surface area (Å²) in [5.74, 6) is 0.701. The van der Waals surface area contributed by atoms with Gasteiger partial charge in [0.05, 0.1) is 33.5 Å². The average Bonchev–Trinajstić information content (AvgIpc) is 3.84. The minimum Gasteiger partial charge on any atom is -0.309 e. The molecule has 9 aromatic carbocycles. The minimum absolute atomic E-state index is 0.701. The third kappa shape index (κ3) is 5.61. The molecule has 280 valence electrons. The Labute approximate surface area is 346 Å². The molecule has 0 bridgehead atoms. The Bertz CT molecular complexity index is 3600. The number of hydrogen-bond donors (Lipinski definition) is 0. The first-order valence-corrected chi connectivity index (χ1v) is 20.4. The van der Waals surface area contributed by atoms with Crippen LogP contribution < -0.4 is 0 Å². The zero-order valence-corrected chi connectivity index (χ0v) is 32.6. The predicted molar refractivity (Wildman–Crippen MR) is 250 cm³/mol. The molecule has 0 aliphatic rings. The van der Waals surface area contributed by atoms with Crippen molar-refractivity contribution in [2.24, 2.45) is 0 Å². The van der Waals surface area contributed by atoms with Crippen molar-refractivity contribution >= 4 is 54.4 Å². The SMILES string of the molecule is c1ccc(-c2nc(-c3cccc(-n4c5ccccc5c5ccc(-c6ccc7c(c6)c6ccccc6n7-c6ccccc6)cc54)c3)cc(-c3ccc4ccccc4c3)n2)cc1. The van der Waals surface area contributed by atoms with E-state index in [9.17, 15) is 0 Å². The maximum atomic E-state index is 5.21. The molecule has 12 aromatic rings. The van der Waals surface area contributed by atoms with Crippen LogP contribution in [0.4, 0.5) is 0 Å². The Morgan fingerprint density at radius 3 is 1.58 bits per heavy atom. The maximum absolute atomic E-state index is 5.21. The van der Waals surface area contributed by atoms with E-state index in [0.29, 0.717) is 5.82 Å². The average molecular weight is 765 g/mol. The molecule has 0 aliphatic carbocycles. The number of rotatable bonds is 6. The van der Waals surface area contributed by atoms with Crippen molar-refractivity contribution in [1.29, 1.82) is 0 Å². The second-order valence-corrected chi connectivity index (χ2v) is 15.4. The Morgan fingerprint density at radius 2 is 0.800 bits per heavy atom. The van der Waals surface area contributed by atoms with E-state index in [1.807, 2.05) is 18.2 Å². The second kappa shape index (κ2) is 13.8. The Hall–Kier alpha value is -8.08. The molecule has 0 saturated heterocycles. The third-order valence-corrected chi connectivity index (χ3v) is 11.9. The minimum atomic E-state index is 0.701. The van der Waals surface area contributed by atoms with E-state index < -0.39 is 0 Å². The number of para-hydroxylation sites is 3. The van der Waals surface area contributed by atoms with Crippen molar-refractivity contribution in [3.05, 3.63) is 218 Å². The topological polar surface area (TPSA) is 35.6 Å². The molecule has 0 atom stereocenters. The zero-order chi connectivity index (χ0) is 39.6. The van der Waals surface area contributed by atoms with Crippen LogP contribution in [-0.4, -0.2) is 19.1 Å². The monoisotopic (exact) mass is 764 g/mol. The lowest BCUT2D eigenvalue weighted by Gasteiger charge is -2.13. The van der Waals surface area contributed by atoms with E-state index in [1.54, 1.807) is 0 Å². The summed E-state index contributed by atoms with van der Waals surface area (Å²) >= 11 is 0. The lowest BCUT2D eigenvalue weighted by Crippen LogP contribution is -1.98. The summed E-state index contributed by atoms with van der Waals surface area (Å²) in [7, 11) is 0. The van der Waals surface area contributed by atoms with Crippen LogP contribution in [0.5, 0.6) is 0 Å². The molecule has 0 unspecified atom stereocenters. The van der Waals surface area contributed by atoms with E-state index in [0.717, 1.165) is 50.5 Å². The van der Waals surface area contributed by atoms with E-state index >= 15 is 0 Å². The van der Waals surface area contributed by atoms with Crippen molar-refractivity contribution in [1.82, 2.24) is 19.1 Å². The molecule has 0 amide bonds. The molecule has 0 fully saturated rings. The van der Waals surface area contributed by atoms with Crippen LogP contribution in [0, 0.1) is 0 Å². The molecule has 0 N–H and O–H groups in total. The zero-order valence-electron chi connectivity index (χ0n) is 32.6. The highest BCUT2D eigenvalue weighted by molar-refractivity contribution is 6.12. The van der Waals surface area contributed by atoms with Crippen LogP contribution >= 0.6 is 0 Å². The first-order valence-electron chi connectivity index (χ1n) is 20.4. The molecule has 0 spiro atoms. The smallest absolute Gasteiger partial charge is 0.160 e. The van der Waals surface area contributed by atoms with Gasteiger partial charge in [-0.3, -0.25) is 0 Å². The molecule has 0 radical (unpaired) electrons. The van der Waals surface area contributed by atoms with Gasteiger partial charge in [-0.15, -0.1) is 0 Å². The van der Waals surface area contributed by atoms with E-state index in [2.05, 4.69) is 209 Å². The van der Waals surface area contributed by atoms with Gasteiger partial charge in [0, 0.05) is 49.6 Å². The van der Waals surface area contributed by atoms with Gasteiger partial charge in [-0.05, 0) is 88.6 Å². The van der Waals surface area contributed by atoms with Gasteiger partial charge >= 0.3 is 0 Å². The number of hydrogen-bond acceptors (Lipinski definition) is 2. The van der Waals surface area contributed by atoms with Crippen molar-refractivity contribution in [2.45, 2.75) is 0 Å². The molecule has 3 aromatic heterocycles. The van der Waals surface area contributed by atoms with Crippen LogP contribution in [0.3, 0.4) is 0 Å². The fourth-order valence-corrected chi connectivity index (χ4v) is 9.05. The normalized spacial score (nSPS) is 11.7. The standard InChI is InChI=1S/C56H36N4/c1-3-15-38(16-4-1)56-57-50(36-51(58-56)43-27-26-37-14-7-8-17-39(37)32-43)42-18-13-21-45(33-42)60-52-24-11-9-22-46(52)48-30-28-41(35-55(48)60)40-29-31-54-49(34-40)47-23-10-12-25-53(47)59(54)44-19-5-2-6-20-44/h1-36H. The van der Waals surface area contributed by atoms with Gasteiger partial charge < -0.3 is 9.13 Å². The second-order valence-electron chi connectivity index (χ2n) is 15.4. The van der Waals surface area contributed by atoms with Gasteiger partial charge in [0.2, 0.25) is 0 Å².